The fourth-order valence-electron chi connectivity index (χ4n) is 1.86. The first-order valence-electron chi connectivity index (χ1n) is 7.56. The zero-order valence-electron chi connectivity index (χ0n) is 13.8. The number of halogens is 1. The lowest BCUT2D eigenvalue weighted by molar-refractivity contribution is 0.485. The quantitative estimate of drug-likeness (QED) is 0.315. The van der Waals surface area contributed by atoms with Crippen LogP contribution in [0.1, 0.15) is 6.92 Å². The van der Waals surface area contributed by atoms with Crippen LogP contribution in [0.5, 0.6) is 11.5 Å². The Balaban J connectivity index is 2.00. The molecule has 2 aromatic carbocycles. The zero-order chi connectivity index (χ0) is 18.2. The maximum Gasteiger partial charge on any atom is 0.199 e. The fourth-order valence-corrected chi connectivity index (χ4v) is 1.99. The highest BCUT2D eigenvalue weighted by Gasteiger charge is 2.07. The van der Waals surface area contributed by atoms with Crippen molar-refractivity contribution in [2.45, 2.75) is 6.92 Å². The minimum Gasteiger partial charge on any atom is -0.455 e. The van der Waals surface area contributed by atoms with Gasteiger partial charge in [-0.05, 0) is 43.3 Å². The van der Waals surface area contributed by atoms with Crippen LogP contribution in [0.2, 0.25) is 5.02 Å². The first-order chi connectivity index (χ1) is 11.9. The highest BCUT2D eigenvalue weighted by Crippen LogP contribution is 2.29. The Morgan fingerprint density at radius 1 is 1.08 bits per heavy atom. The highest BCUT2D eigenvalue weighted by atomic mass is 35.5. The molecule has 0 aliphatic heterocycles. The van der Waals surface area contributed by atoms with Gasteiger partial charge in [-0.2, -0.15) is 0 Å². The number of nitrogens with one attached hydrogen (secondary N) is 5. The van der Waals surface area contributed by atoms with E-state index in [2.05, 4.69) is 22.5 Å². The van der Waals surface area contributed by atoms with Gasteiger partial charge in [0.15, 0.2) is 17.7 Å². The van der Waals surface area contributed by atoms with Crippen molar-refractivity contribution in [2.24, 2.45) is 0 Å². The Morgan fingerprint density at radius 2 is 1.76 bits per heavy atom. The number of ether oxygens (including phenoxy) is 1. The van der Waals surface area contributed by atoms with E-state index >= 15 is 0 Å². The van der Waals surface area contributed by atoms with Crippen molar-refractivity contribution in [1.29, 1.82) is 10.8 Å². The molecule has 0 fully saturated rings. The molecule has 0 aromatic heterocycles. The van der Waals surface area contributed by atoms with E-state index in [0.717, 1.165) is 5.57 Å². The lowest BCUT2D eigenvalue weighted by Crippen LogP contribution is -2.43. The van der Waals surface area contributed by atoms with Gasteiger partial charge in [-0.1, -0.05) is 35.9 Å². The van der Waals surface area contributed by atoms with Crippen molar-refractivity contribution in [1.82, 2.24) is 10.6 Å². The molecule has 6 nitrogen and oxygen atoms in total. The Labute approximate surface area is 151 Å². The smallest absolute Gasteiger partial charge is 0.199 e. The number of para-hydroxylation sites is 2. The summed E-state index contributed by atoms with van der Waals surface area (Å²) in [6.07, 6.45) is 0. The number of rotatable bonds is 5. The van der Waals surface area contributed by atoms with E-state index in [1.807, 2.05) is 19.1 Å². The van der Waals surface area contributed by atoms with Crippen LogP contribution < -0.4 is 20.7 Å². The van der Waals surface area contributed by atoms with Gasteiger partial charge in [0.2, 0.25) is 0 Å². The van der Waals surface area contributed by atoms with Crippen LogP contribution in [-0.4, -0.2) is 18.5 Å². The van der Waals surface area contributed by atoms with Crippen LogP contribution in [-0.2, 0) is 0 Å². The van der Waals surface area contributed by atoms with Crippen LogP contribution in [0.3, 0.4) is 0 Å². The van der Waals surface area contributed by atoms with Gasteiger partial charge in [0.25, 0.3) is 0 Å². The normalized spacial score (nSPS) is 9.84. The second kappa shape index (κ2) is 8.75. The summed E-state index contributed by atoms with van der Waals surface area (Å²) in [7, 11) is 0. The van der Waals surface area contributed by atoms with E-state index in [1.165, 1.54) is 0 Å². The minimum atomic E-state index is -0.0497. The molecule has 25 heavy (non-hydrogen) atoms. The van der Waals surface area contributed by atoms with E-state index < -0.39 is 0 Å². The predicted molar refractivity (Wildman–Crippen MR) is 103 cm³/mol. The van der Waals surface area contributed by atoms with E-state index in [-0.39, 0.29) is 11.9 Å². The van der Waals surface area contributed by atoms with E-state index in [4.69, 9.17) is 27.2 Å². The third-order valence-electron chi connectivity index (χ3n) is 3.01. The van der Waals surface area contributed by atoms with Gasteiger partial charge in [-0.25, -0.2) is 0 Å². The average molecular weight is 358 g/mol. The summed E-state index contributed by atoms with van der Waals surface area (Å²) in [6.45, 7) is 6.07. The fraction of sp³-hybridized carbons (Fsp3) is 0.111. The number of anilines is 1. The summed E-state index contributed by atoms with van der Waals surface area (Å²) < 4.78 is 5.82. The summed E-state index contributed by atoms with van der Waals surface area (Å²) in [5.74, 6) is 1.15. The molecular formula is C18H20ClN5O. The molecule has 0 saturated heterocycles. The minimum absolute atomic E-state index is 0.0107. The maximum absolute atomic E-state index is 7.95. The molecule has 0 unspecified atom stereocenters. The molecular weight excluding hydrogens is 338 g/mol. The second-order valence-electron chi connectivity index (χ2n) is 5.36. The molecule has 0 radical (unpaired) electrons. The van der Waals surface area contributed by atoms with Gasteiger partial charge >= 0.3 is 0 Å². The molecule has 0 saturated carbocycles. The summed E-state index contributed by atoms with van der Waals surface area (Å²) in [6, 6.07) is 14.2. The summed E-state index contributed by atoms with van der Waals surface area (Å²) in [5, 5.41) is 24.6. The topological polar surface area (TPSA) is 93.0 Å². The van der Waals surface area contributed by atoms with Crippen molar-refractivity contribution < 1.29 is 4.74 Å². The monoisotopic (exact) mass is 357 g/mol. The predicted octanol–water partition coefficient (Wildman–Crippen LogP) is 4.17. The SMILES string of the molecule is C=C(C)CNC(=N)NC(=N)Nc1ccccc1Oc1ccc(Cl)cc1. The molecule has 0 amide bonds. The number of hydrogen-bond acceptors (Lipinski definition) is 3. The molecule has 0 heterocycles. The number of benzene rings is 2. The van der Waals surface area contributed by atoms with Gasteiger partial charge in [0, 0.05) is 11.6 Å². The molecule has 0 bridgehead atoms. The van der Waals surface area contributed by atoms with E-state index in [0.29, 0.717) is 28.8 Å². The summed E-state index contributed by atoms with van der Waals surface area (Å²) in [4.78, 5) is 0. The largest absolute Gasteiger partial charge is 0.455 e. The molecule has 130 valence electrons. The van der Waals surface area contributed by atoms with Crippen LogP contribution in [0.25, 0.3) is 0 Å². The molecule has 5 N–H and O–H groups in total. The van der Waals surface area contributed by atoms with Gasteiger partial charge in [0.1, 0.15) is 5.75 Å². The Kier molecular flexibility index (Phi) is 6.42. The van der Waals surface area contributed by atoms with Crippen LogP contribution in [0.4, 0.5) is 5.69 Å². The molecule has 0 aliphatic rings. The summed E-state index contributed by atoms with van der Waals surface area (Å²) >= 11 is 5.87. The lowest BCUT2D eigenvalue weighted by atomic mass is 10.3. The van der Waals surface area contributed by atoms with Gasteiger partial charge in [-0.3, -0.25) is 16.1 Å². The zero-order valence-corrected chi connectivity index (χ0v) is 14.6. The Bertz CT molecular complexity index is 773. The molecule has 2 aromatic rings. The molecule has 0 aliphatic carbocycles. The van der Waals surface area contributed by atoms with Crippen molar-refractivity contribution in [2.75, 3.05) is 11.9 Å². The standard InChI is InChI=1S/C18H20ClN5O/c1-12(2)11-22-17(20)24-18(21)23-15-5-3-4-6-16(15)25-14-9-7-13(19)8-10-14/h3-10H,1,11H2,2H3,(H5,20,21,22,23,24). The van der Waals surface area contributed by atoms with E-state index in [9.17, 15) is 0 Å². The average Bonchev–Trinajstić information content (AvgIpc) is 2.57. The van der Waals surface area contributed by atoms with Gasteiger partial charge < -0.3 is 15.4 Å². The molecule has 7 heteroatoms. The molecule has 0 spiro atoms. The van der Waals surface area contributed by atoms with Crippen molar-refractivity contribution >= 4 is 29.2 Å². The van der Waals surface area contributed by atoms with Gasteiger partial charge in [-0.15, -0.1) is 0 Å². The second-order valence-corrected chi connectivity index (χ2v) is 5.80. The Hall–Kier alpha value is -2.99. The third kappa shape index (κ3) is 6.19. The first-order valence-corrected chi connectivity index (χ1v) is 7.93. The molecule has 0 atom stereocenters. The number of hydrogen-bond donors (Lipinski definition) is 5. The van der Waals surface area contributed by atoms with Crippen molar-refractivity contribution in [3.05, 3.63) is 65.7 Å². The molecule has 2 rings (SSSR count). The highest BCUT2D eigenvalue weighted by molar-refractivity contribution is 6.30. The first kappa shape index (κ1) is 18.4. The third-order valence-corrected chi connectivity index (χ3v) is 3.26. The van der Waals surface area contributed by atoms with Crippen molar-refractivity contribution in [3.63, 3.8) is 0 Å². The Morgan fingerprint density at radius 3 is 2.44 bits per heavy atom. The number of guanidine groups is 2. The van der Waals surface area contributed by atoms with Crippen LogP contribution >= 0.6 is 11.6 Å². The van der Waals surface area contributed by atoms with Crippen molar-refractivity contribution in [3.8, 4) is 11.5 Å². The van der Waals surface area contributed by atoms with Crippen LogP contribution in [0, 0.1) is 10.8 Å². The van der Waals surface area contributed by atoms with Crippen LogP contribution in [0.15, 0.2) is 60.7 Å². The van der Waals surface area contributed by atoms with Gasteiger partial charge in [0.05, 0.1) is 5.69 Å². The summed E-state index contributed by atoms with van der Waals surface area (Å²) in [5.41, 5.74) is 1.50. The maximum atomic E-state index is 7.95. The van der Waals surface area contributed by atoms with E-state index in [1.54, 1.807) is 36.4 Å². The lowest BCUT2D eigenvalue weighted by Gasteiger charge is -2.15.